The standard InChI is InChI=1S/C29H23Cl2N3O4/c30-19-8-6-18(7-9-19)25-16-24(33-34(25)26(35)12-13-27(36)37)28-22(14-17-4-2-1-3-5-17)21-15-20(31)10-11-23(21)32-29(28)38/h1-11,15,25H,12-14,16H2,(H,32,38)(H,36,37). The molecule has 0 saturated carbocycles. The van der Waals surface area contributed by atoms with Crippen LogP contribution in [0.3, 0.4) is 0 Å². The van der Waals surface area contributed by atoms with E-state index < -0.39 is 17.9 Å². The van der Waals surface area contributed by atoms with Crippen molar-refractivity contribution in [1.82, 2.24) is 9.99 Å². The van der Waals surface area contributed by atoms with Crippen molar-refractivity contribution in [2.24, 2.45) is 5.10 Å². The molecular weight excluding hydrogens is 525 g/mol. The van der Waals surface area contributed by atoms with Gasteiger partial charge in [0.1, 0.15) is 0 Å². The maximum Gasteiger partial charge on any atom is 0.303 e. The molecule has 4 aromatic rings. The number of H-pyrrole nitrogens is 1. The Bertz CT molecular complexity index is 1620. The number of pyridine rings is 1. The van der Waals surface area contributed by atoms with Crippen LogP contribution in [0.5, 0.6) is 0 Å². The summed E-state index contributed by atoms with van der Waals surface area (Å²) in [5.41, 5.74) is 3.70. The number of nitrogens with one attached hydrogen (secondary N) is 1. The van der Waals surface area contributed by atoms with E-state index >= 15 is 0 Å². The van der Waals surface area contributed by atoms with Gasteiger partial charge in [-0.05, 0) is 53.4 Å². The number of carboxylic acids is 1. The number of hydrogen-bond donors (Lipinski definition) is 2. The van der Waals surface area contributed by atoms with Gasteiger partial charge in [0.15, 0.2) is 0 Å². The van der Waals surface area contributed by atoms with Gasteiger partial charge in [0, 0.05) is 33.8 Å². The number of carbonyl (C=O) groups is 2. The Hall–Kier alpha value is -3.94. The summed E-state index contributed by atoms with van der Waals surface area (Å²) in [6.07, 6.45) is 0.199. The lowest BCUT2D eigenvalue weighted by atomic mass is 9.91. The summed E-state index contributed by atoms with van der Waals surface area (Å²) in [5, 5.41) is 16.9. The van der Waals surface area contributed by atoms with Gasteiger partial charge in [-0.3, -0.25) is 14.4 Å². The Morgan fingerprint density at radius 3 is 2.39 bits per heavy atom. The molecule has 0 aliphatic carbocycles. The number of hydrazone groups is 1. The zero-order chi connectivity index (χ0) is 26.8. The Morgan fingerprint density at radius 2 is 1.68 bits per heavy atom. The third-order valence-corrected chi connectivity index (χ3v) is 7.06. The number of aromatic nitrogens is 1. The molecule has 1 amide bonds. The molecule has 1 aromatic heterocycles. The highest BCUT2D eigenvalue weighted by atomic mass is 35.5. The van der Waals surface area contributed by atoms with Crippen molar-refractivity contribution in [1.29, 1.82) is 0 Å². The number of fused-ring (bicyclic) bond motifs is 1. The Kier molecular flexibility index (Phi) is 7.31. The number of aliphatic carboxylic acids is 1. The highest BCUT2D eigenvalue weighted by Crippen LogP contribution is 2.35. The minimum Gasteiger partial charge on any atom is -0.481 e. The molecule has 7 nitrogen and oxygen atoms in total. The van der Waals surface area contributed by atoms with Gasteiger partial charge in [0.25, 0.3) is 5.56 Å². The minimum atomic E-state index is -1.07. The van der Waals surface area contributed by atoms with E-state index in [1.807, 2.05) is 36.4 Å². The smallest absolute Gasteiger partial charge is 0.303 e. The first-order valence-corrected chi connectivity index (χ1v) is 12.8. The summed E-state index contributed by atoms with van der Waals surface area (Å²) < 4.78 is 0. The number of aromatic amines is 1. The van der Waals surface area contributed by atoms with Crippen LogP contribution in [0.15, 0.2) is 82.7 Å². The second kappa shape index (κ2) is 10.8. The fourth-order valence-electron chi connectivity index (χ4n) is 4.78. The molecule has 0 bridgehead atoms. The zero-order valence-corrected chi connectivity index (χ0v) is 21.7. The average molecular weight is 548 g/mol. The summed E-state index contributed by atoms with van der Waals surface area (Å²) in [7, 11) is 0. The first-order valence-electron chi connectivity index (χ1n) is 12.1. The molecular formula is C29H23Cl2N3O4. The molecule has 1 aliphatic rings. The third-order valence-electron chi connectivity index (χ3n) is 6.57. The molecule has 1 aliphatic heterocycles. The van der Waals surface area contributed by atoms with Crippen LogP contribution < -0.4 is 5.56 Å². The molecule has 3 aromatic carbocycles. The van der Waals surface area contributed by atoms with Crippen LogP contribution in [0, 0.1) is 0 Å². The summed E-state index contributed by atoms with van der Waals surface area (Å²) in [5.74, 6) is -1.51. The van der Waals surface area contributed by atoms with E-state index in [2.05, 4.69) is 10.1 Å². The maximum atomic E-state index is 13.5. The van der Waals surface area contributed by atoms with E-state index in [0.717, 1.165) is 22.1 Å². The fraction of sp³-hybridized carbons (Fsp3) is 0.172. The van der Waals surface area contributed by atoms with Crippen molar-refractivity contribution in [2.75, 3.05) is 0 Å². The predicted molar refractivity (Wildman–Crippen MR) is 148 cm³/mol. The van der Waals surface area contributed by atoms with Crippen LogP contribution in [0.1, 0.15) is 47.6 Å². The highest BCUT2D eigenvalue weighted by Gasteiger charge is 2.35. The van der Waals surface area contributed by atoms with Crippen LogP contribution in [0.25, 0.3) is 10.9 Å². The Labute approximate surface area is 228 Å². The second-order valence-electron chi connectivity index (χ2n) is 9.11. The summed E-state index contributed by atoms with van der Waals surface area (Å²) in [6, 6.07) is 21.6. The minimum absolute atomic E-state index is 0.212. The first kappa shape index (κ1) is 25.7. The molecule has 1 unspecified atom stereocenters. The molecule has 0 saturated heterocycles. The number of carboxylic acid groups (broad SMARTS) is 1. The summed E-state index contributed by atoms with van der Waals surface area (Å²) >= 11 is 12.4. The molecule has 2 heterocycles. The fourth-order valence-corrected chi connectivity index (χ4v) is 5.08. The SMILES string of the molecule is O=C(O)CCC(=O)N1N=C(c2c(Cc3ccccc3)c3cc(Cl)ccc3[nH]c2=O)CC1c1ccc(Cl)cc1. The van der Waals surface area contributed by atoms with Crippen LogP contribution in [0.2, 0.25) is 10.0 Å². The van der Waals surface area contributed by atoms with E-state index in [1.165, 1.54) is 5.01 Å². The maximum absolute atomic E-state index is 13.5. The van der Waals surface area contributed by atoms with Crippen LogP contribution >= 0.6 is 23.2 Å². The molecule has 5 rings (SSSR count). The first-order chi connectivity index (χ1) is 18.3. The van der Waals surface area contributed by atoms with Crippen molar-refractivity contribution in [3.8, 4) is 0 Å². The Morgan fingerprint density at radius 1 is 0.974 bits per heavy atom. The lowest BCUT2D eigenvalue weighted by molar-refractivity contribution is -0.141. The quantitative estimate of drug-likeness (QED) is 0.297. The second-order valence-corrected chi connectivity index (χ2v) is 9.98. The summed E-state index contributed by atoms with van der Waals surface area (Å²) in [6.45, 7) is 0. The lowest BCUT2D eigenvalue weighted by Gasteiger charge is -2.22. The van der Waals surface area contributed by atoms with Crippen molar-refractivity contribution < 1.29 is 14.7 Å². The van der Waals surface area contributed by atoms with Crippen molar-refractivity contribution in [3.05, 3.63) is 115 Å². The van der Waals surface area contributed by atoms with Gasteiger partial charge in [-0.1, -0.05) is 65.7 Å². The topological polar surface area (TPSA) is 103 Å². The van der Waals surface area contributed by atoms with Gasteiger partial charge in [0.05, 0.1) is 23.7 Å². The van der Waals surface area contributed by atoms with Crippen molar-refractivity contribution >= 4 is 51.7 Å². The lowest BCUT2D eigenvalue weighted by Crippen LogP contribution is -2.27. The molecule has 0 spiro atoms. The van der Waals surface area contributed by atoms with Crippen LogP contribution in [-0.2, 0) is 16.0 Å². The monoisotopic (exact) mass is 547 g/mol. The van der Waals surface area contributed by atoms with Crippen molar-refractivity contribution in [2.45, 2.75) is 31.7 Å². The molecule has 192 valence electrons. The van der Waals surface area contributed by atoms with E-state index in [-0.39, 0.29) is 24.8 Å². The van der Waals surface area contributed by atoms with Gasteiger partial charge in [-0.25, -0.2) is 5.01 Å². The number of halogens is 2. The van der Waals surface area contributed by atoms with E-state index in [1.54, 1.807) is 36.4 Å². The van der Waals surface area contributed by atoms with E-state index in [9.17, 15) is 14.4 Å². The van der Waals surface area contributed by atoms with Crippen LogP contribution in [0.4, 0.5) is 0 Å². The zero-order valence-electron chi connectivity index (χ0n) is 20.2. The molecule has 2 N–H and O–H groups in total. The number of carbonyl (C=O) groups excluding carboxylic acids is 1. The number of amides is 1. The van der Waals surface area contributed by atoms with E-state index in [4.69, 9.17) is 28.3 Å². The molecule has 0 radical (unpaired) electrons. The number of nitrogens with zero attached hydrogens (tertiary/aromatic N) is 2. The number of rotatable bonds is 7. The molecule has 9 heteroatoms. The largest absolute Gasteiger partial charge is 0.481 e. The Balaban J connectivity index is 1.65. The third kappa shape index (κ3) is 5.35. The normalized spacial score (nSPS) is 15.1. The molecule has 38 heavy (non-hydrogen) atoms. The number of hydrogen-bond acceptors (Lipinski definition) is 4. The molecule has 1 atom stereocenters. The van der Waals surface area contributed by atoms with Gasteiger partial charge in [0.2, 0.25) is 5.91 Å². The van der Waals surface area contributed by atoms with Gasteiger partial charge in [-0.2, -0.15) is 5.10 Å². The number of benzene rings is 3. The average Bonchev–Trinajstić information content (AvgIpc) is 3.33. The van der Waals surface area contributed by atoms with E-state index in [0.29, 0.717) is 33.3 Å². The highest BCUT2D eigenvalue weighted by molar-refractivity contribution is 6.31. The van der Waals surface area contributed by atoms with Crippen LogP contribution in [-0.4, -0.2) is 32.7 Å². The molecule has 0 fully saturated rings. The van der Waals surface area contributed by atoms with Gasteiger partial charge >= 0.3 is 5.97 Å². The van der Waals surface area contributed by atoms with Gasteiger partial charge < -0.3 is 10.1 Å². The summed E-state index contributed by atoms with van der Waals surface area (Å²) in [4.78, 5) is 40.7. The van der Waals surface area contributed by atoms with Crippen molar-refractivity contribution in [3.63, 3.8) is 0 Å². The van der Waals surface area contributed by atoms with Gasteiger partial charge in [-0.15, -0.1) is 0 Å². The predicted octanol–water partition coefficient (Wildman–Crippen LogP) is 5.97.